The van der Waals surface area contributed by atoms with Crippen LogP contribution in [-0.4, -0.2) is 18.5 Å². The van der Waals surface area contributed by atoms with Crippen LogP contribution in [0.2, 0.25) is 0 Å². The summed E-state index contributed by atoms with van der Waals surface area (Å²) >= 11 is 0. The second-order valence-electron chi connectivity index (χ2n) is 5.05. The number of hydrogen-bond donors (Lipinski definition) is 1. The summed E-state index contributed by atoms with van der Waals surface area (Å²) in [6.45, 7) is 1.72. The van der Waals surface area contributed by atoms with Gasteiger partial charge in [0, 0.05) is 5.69 Å². The molecule has 0 spiro atoms. The van der Waals surface area contributed by atoms with E-state index >= 15 is 0 Å². The lowest BCUT2D eigenvalue weighted by Gasteiger charge is -2.09. The molecule has 0 fully saturated rings. The van der Waals surface area contributed by atoms with Crippen molar-refractivity contribution in [2.75, 3.05) is 11.9 Å². The number of carbonyl (C=O) groups excluding carboxylic acids is 2. The predicted octanol–water partition coefficient (Wildman–Crippen LogP) is 2.83. The second kappa shape index (κ2) is 6.89. The highest BCUT2D eigenvalue weighted by atomic mass is 16.5. The smallest absolute Gasteiger partial charge is 0.306 e. The summed E-state index contributed by atoms with van der Waals surface area (Å²) in [5.74, 6) is -0.366. The Kier molecular flexibility index (Phi) is 4.93. The molecular weight excluding hydrogens is 254 g/mol. The number of nitrogens with one attached hydrogen (secondary N) is 1. The molecule has 1 aliphatic rings. The van der Waals surface area contributed by atoms with E-state index in [4.69, 9.17) is 4.74 Å². The SMILES string of the molecule is Cc1cccc(NC(=O)COC(=O)C[C@H]2C=CCC2)c1. The van der Waals surface area contributed by atoms with Gasteiger partial charge in [0.25, 0.3) is 5.91 Å². The van der Waals surface area contributed by atoms with Gasteiger partial charge >= 0.3 is 5.97 Å². The molecule has 106 valence electrons. The Hall–Kier alpha value is -2.10. The summed E-state index contributed by atoms with van der Waals surface area (Å²) in [5.41, 5.74) is 1.78. The maximum Gasteiger partial charge on any atom is 0.306 e. The average molecular weight is 273 g/mol. The molecule has 20 heavy (non-hydrogen) atoms. The topological polar surface area (TPSA) is 55.4 Å². The summed E-state index contributed by atoms with van der Waals surface area (Å²) in [6.07, 6.45) is 6.47. The Balaban J connectivity index is 1.71. The Morgan fingerprint density at radius 3 is 2.95 bits per heavy atom. The van der Waals surface area contributed by atoms with Crippen LogP contribution in [0.4, 0.5) is 5.69 Å². The zero-order valence-corrected chi connectivity index (χ0v) is 11.6. The van der Waals surface area contributed by atoms with Crippen LogP contribution in [0.3, 0.4) is 0 Å². The minimum Gasteiger partial charge on any atom is -0.456 e. The molecule has 0 aliphatic heterocycles. The van der Waals surface area contributed by atoms with Crippen molar-refractivity contribution in [2.24, 2.45) is 5.92 Å². The number of carbonyl (C=O) groups is 2. The number of aryl methyl sites for hydroxylation is 1. The Morgan fingerprint density at radius 1 is 1.40 bits per heavy atom. The highest BCUT2D eigenvalue weighted by Gasteiger charge is 2.15. The summed E-state index contributed by atoms with van der Waals surface area (Å²) in [7, 11) is 0. The average Bonchev–Trinajstić information content (AvgIpc) is 2.89. The highest BCUT2D eigenvalue weighted by Crippen LogP contribution is 2.20. The van der Waals surface area contributed by atoms with Crippen molar-refractivity contribution >= 4 is 17.6 Å². The molecule has 1 aromatic rings. The lowest BCUT2D eigenvalue weighted by Crippen LogP contribution is -2.21. The van der Waals surface area contributed by atoms with E-state index in [1.54, 1.807) is 6.07 Å². The van der Waals surface area contributed by atoms with Crippen LogP contribution in [-0.2, 0) is 14.3 Å². The van der Waals surface area contributed by atoms with Crippen molar-refractivity contribution in [2.45, 2.75) is 26.2 Å². The summed E-state index contributed by atoms with van der Waals surface area (Å²) in [5, 5.41) is 2.70. The van der Waals surface area contributed by atoms with Crippen LogP contribution in [0.5, 0.6) is 0 Å². The Bertz CT molecular complexity index is 522. The van der Waals surface area contributed by atoms with Crippen molar-refractivity contribution in [3.63, 3.8) is 0 Å². The van der Waals surface area contributed by atoms with Gasteiger partial charge in [-0.05, 0) is 43.4 Å². The molecule has 1 atom stereocenters. The molecule has 0 radical (unpaired) electrons. The molecule has 1 aromatic carbocycles. The zero-order valence-electron chi connectivity index (χ0n) is 11.6. The third-order valence-corrected chi connectivity index (χ3v) is 3.21. The Morgan fingerprint density at radius 2 is 2.25 bits per heavy atom. The van der Waals surface area contributed by atoms with E-state index in [9.17, 15) is 9.59 Å². The fourth-order valence-corrected chi connectivity index (χ4v) is 2.20. The highest BCUT2D eigenvalue weighted by molar-refractivity contribution is 5.92. The van der Waals surface area contributed by atoms with Gasteiger partial charge in [-0.1, -0.05) is 24.3 Å². The third kappa shape index (κ3) is 4.53. The number of ether oxygens (including phenoxy) is 1. The first-order valence-electron chi connectivity index (χ1n) is 6.82. The molecule has 1 aliphatic carbocycles. The van der Waals surface area contributed by atoms with E-state index in [2.05, 4.69) is 11.4 Å². The lowest BCUT2D eigenvalue weighted by molar-refractivity contribution is -0.147. The zero-order chi connectivity index (χ0) is 14.4. The Labute approximate surface area is 118 Å². The van der Waals surface area contributed by atoms with Crippen LogP contribution in [0, 0.1) is 12.8 Å². The number of allylic oxidation sites excluding steroid dienone is 2. The fourth-order valence-electron chi connectivity index (χ4n) is 2.20. The monoisotopic (exact) mass is 273 g/mol. The molecule has 0 saturated heterocycles. The number of hydrogen-bond acceptors (Lipinski definition) is 3. The van der Waals surface area contributed by atoms with Gasteiger partial charge in [-0.2, -0.15) is 0 Å². The quantitative estimate of drug-likeness (QED) is 0.663. The first-order chi connectivity index (χ1) is 9.63. The molecule has 0 heterocycles. The summed E-state index contributed by atoms with van der Waals surface area (Å²) < 4.78 is 4.98. The van der Waals surface area contributed by atoms with Crippen LogP contribution >= 0.6 is 0 Å². The molecule has 4 heteroatoms. The first-order valence-corrected chi connectivity index (χ1v) is 6.82. The molecule has 1 amide bonds. The third-order valence-electron chi connectivity index (χ3n) is 3.21. The van der Waals surface area contributed by atoms with Crippen LogP contribution in [0.25, 0.3) is 0 Å². The van der Waals surface area contributed by atoms with Gasteiger partial charge < -0.3 is 10.1 Å². The van der Waals surface area contributed by atoms with Gasteiger partial charge in [0.15, 0.2) is 6.61 Å². The first kappa shape index (κ1) is 14.3. The summed E-state index contributed by atoms with van der Waals surface area (Å²) in [4.78, 5) is 23.2. The van der Waals surface area contributed by atoms with Gasteiger partial charge in [-0.15, -0.1) is 0 Å². The maximum atomic E-state index is 11.7. The van der Waals surface area contributed by atoms with E-state index in [-0.39, 0.29) is 24.4 Å². The molecule has 2 rings (SSSR count). The van der Waals surface area contributed by atoms with Crippen LogP contribution in [0.1, 0.15) is 24.8 Å². The van der Waals surface area contributed by atoms with Gasteiger partial charge in [0.1, 0.15) is 0 Å². The molecule has 0 bridgehead atoms. The second-order valence-corrected chi connectivity index (χ2v) is 5.05. The van der Waals surface area contributed by atoms with Crippen LogP contribution in [0.15, 0.2) is 36.4 Å². The number of benzene rings is 1. The van der Waals surface area contributed by atoms with Crippen molar-refractivity contribution in [3.05, 3.63) is 42.0 Å². The van der Waals surface area contributed by atoms with Gasteiger partial charge in [0.05, 0.1) is 6.42 Å². The van der Waals surface area contributed by atoms with Gasteiger partial charge in [-0.25, -0.2) is 0 Å². The van der Waals surface area contributed by atoms with E-state index in [0.717, 1.165) is 18.4 Å². The largest absolute Gasteiger partial charge is 0.456 e. The molecule has 0 unspecified atom stereocenters. The molecule has 0 saturated carbocycles. The normalized spacial score (nSPS) is 16.9. The van der Waals surface area contributed by atoms with Crippen molar-refractivity contribution in [1.29, 1.82) is 0 Å². The number of rotatable bonds is 5. The van der Waals surface area contributed by atoms with Crippen LogP contribution < -0.4 is 5.32 Å². The van der Waals surface area contributed by atoms with Crippen molar-refractivity contribution in [3.8, 4) is 0 Å². The van der Waals surface area contributed by atoms with E-state index in [1.807, 2.05) is 31.2 Å². The standard InChI is InChI=1S/C16H19NO3/c1-12-5-4-8-14(9-12)17-15(18)11-20-16(19)10-13-6-2-3-7-13/h2,4-6,8-9,13H,3,7,10-11H2,1H3,(H,17,18)/t13-/m0/s1. The van der Waals surface area contributed by atoms with E-state index in [1.165, 1.54) is 0 Å². The molecule has 1 N–H and O–H groups in total. The minimum atomic E-state index is -0.319. The summed E-state index contributed by atoms with van der Waals surface area (Å²) in [6, 6.07) is 7.48. The van der Waals surface area contributed by atoms with Crippen molar-refractivity contribution < 1.29 is 14.3 Å². The van der Waals surface area contributed by atoms with Gasteiger partial charge in [-0.3, -0.25) is 9.59 Å². The minimum absolute atomic E-state index is 0.233. The number of esters is 1. The number of amides is 1. The predicted molar refractivity (Wildman–Crippen MR) is 77.2 cm³/mol. The van der Waals surface area contributed by atoms with E-state index in [0.29, 0.717) is 12.1 Å². The fraction of sp³-hybridized carbons (Fsp3) is 0.375. The molecular formula is C16H19NO3. The van der Waals surface area contributed by atoms with Gasteiger partial charge in [0.2, 0.25) is 0 Å². The van der Waals surface area contributed by atoms with Crippen molar-refractivity contribution in [1.82, 2.24) is 0 Å². The maximum absolute atomic E-state index is 11.7. The lowest BCUT2D eigenvalue weighted by atomic mass is 10.1. The molecule has 0 aromatic heterocycles. The number of anilines is 1. The van der Waals surface area contributed by atoms with E-state index < -0.39 is 0 Å². The molecule has 4 nitrogen and oxygen atoms in total.